The molecule has 0 saturated carbocycles. The van der Waals surface area contributed by atoms with Crippen molar-refractivity contribution in [3.8, 4) is 12.3 Å². The van der Waals surface area contributed by atoms with Crippen LogP contribution in [-0.2, 0) is 9.59 Å². The molecular formula is C14H13NO3. The van der Waals surface area contributed by atoms with Crippen LogP contribution in [0.1, 0.15) is 18.4 Å². The molecule has 4 nitrogen and oxygen atoms in total. The van der Waals surface area contributed by atoms with Gasteiger partial charge in [0.05, 0.1) is 0 Å². The minimum Gasteiger partial charge on any atom is -0.478 e. The van der Waals surface area contributed by atoms with Gasteiger partial charge < -0.3 is 10.4 Å². The van der Waals surface area contributed by atoms with E-state index in [1.54, 1.807) is 24.3 Å². The van der Waals surface area contributed by atoms with Crippen LogP contribution in [0.2, 0.25) is 0 Å². The van der Waals surface area contributed by atoms with E-state index in [4.69, 9.17) is 11.5 Å². The van der Waals surface area contributed by atoms with E-state index >= 15 is 0 Å². The van der Waals surface area contributed by atoms with Crippen molar-refractivity contribution in [1.29, 1.82) is 0 Å². The van der Waals surface area contributed by atoms with Crippen molar-refractivity contribution in [3.05, 3.63) is 35.9 Å². The molecule has 0 heterocycles. The van der Waals surface area contributed by atoms with Gasteiger partial charge in [0.25, 0.3) is 0 Å². The van der Waals surface area contributed by atoms with Crippen molar-refractivity contribution in [3.63, 3.8) is 0 Å². The Kier molecular flexibility index (Phi) is 5.20. The van der Waals surface area contributed by atoms with Crippen molar-refractivity contribution >= 4 is 23.6 Å². The molecule has 0 bridgehead atoms. The smallest absolute Gasteiger partial charge is 0.328 e. The first kappa shape index (κ1) is 13.5. The molecule has 0 radical (unpaired) electrons. The second-order valence-corrected chi connectivity index (χ2v) is 3.55. The van der Waals surface area contributed by atoms with Gasteiger partial charge in [0.1, 0.15) is 0 Å². The molecule has 92 valence electrons. The summed E-state index contributed by atoms with van der Waals surface area (Å²) in [7, 11) is 0. The van der Waals surface area contributed by atoms with Crippen molar-refractivity contribution in [2.24, 2.45) is 0 Å². The Morgan fingerprint density at radius 1 is 1.44 bits per heavy atom. The molecule has 0 aliphatic rings. The number of nitrogens with one attached hydrogen (secondary N) is 1. The zero-order valence-electron chi connectivity index (χ0n) is 9.72. The number of hydrogen-bond donors (Lipinski definition) is 2. The van der Waals surface area contributed by atoms with Crippen LogP contribution in [0.15, 0.2) is 30.3 Å². The summed E-state index contributed by atoms with van der Waals surface area (Å²) in [5.41, 5.74) is 1.32. The lowest BCUT2D eigenvalue weighted by atomic mass is 10.2. The summed E-state index contributed by atoms with van der Waals surface area (Å²) in [5.74, 6) is 1.22. The summed E-state index contributed by atoms with van der Waals surface area (Å²) < 4.78 is 0. The number of anilines is 1. The Balaban J connectivity index is 2.68. The van der Waals surface area contributed by atoms with E-state index in [1.807, 2.05) is 0 Å². The maximum absolute atomic E-state index is 11.4. The number of terminal acetylenes is 1. The first-order valence-electron chi connectivity index (χ1n) is 5.36. The normalized spacial score (nSPS) is 9.94. The van der Waals surface area contributed by atoms with Crippen LogP contribution in [0.25, 0.3) is 6.08 Å². The largest absolute Gasteiger partial charge is 0.478 e. The second kappa shape index (κ2) is 6.92. The molecule has 1 aromatic rings. The summed E-state index contributed by atoms with van der Waals surface area (Å²) in [5, 5.41) is 11.2. The lowest BCUT2D eigenvalue weighted by molar-refractivity contribution is -0.131. The lowest BCUT2D eigenvalue weighted by Gasteiger charge is -2.04. The monoisotopic (exact) mass is 243 g/mol. The summed E-state index contributed by atoms with van der Waals surface area (Å²) >= 11 is 0. The number of carbonyl (C=O) groups is 2. The molecule has 0 atom stereocenters. The Hall–Kier alpha value is -2.54. The summed E-state index contributed by atoms with van der Waals surface area (Å²) in [6.45, 7) is 0. The SMILES string of the molecule is C#CCCC(=O)Nc1cccc(/C=C/C(=O)O)c1. The van der Waals surface area contributed by atoms with E-state index < -0.39 is 5.97 Å². The number of benzene rings is 1. The summed E-state index contributed by atoms with van der Waals surface area (Å²) in [6.07, 6.45) is 8.23. The van der Waals surface area contributed by atoms with E-state index in [2.05, 4.69) is 11.2 Å². The van der Waals surface area contributed by atoms with Crippen LogP contribution in [0.4, 0.5) is 5.69 Å². The Bertz CT molecular complexity index is 512. The predicted molar refractivity (Wildman–Crippen MR) is 69.8 cm³/mol. The number of carboxylic acids is 1. The standard InChI is InChI=1S/C14H13NO3/c1-2-3-7-13(16)15-12-6-4-5-11(10-12)8-9-14(17)18/h1,4-6,8-10H,3,7H2,(H,15,16)(H,17,18)/b9-8+. The summed E-state index contributed by atoms with van der Waals surface area (Å²) in [4.78, 5) is 21.8. The zero-order valence-corrected chi connectivity index (χ0v) is 9.72. The fourth-order valence-corrected chi connectivity index (χ4v) is 1.30. The fourth-order valence-electron chi connectivity index (χ4n) is 1.30. The Morgan fingerprint density at radius 3 is 2.89 bits per heavy atom. The van der Waals surface area contributed by atoms with Crippen molar-refractivity contribution in [2.75, 3.05) is 5.32 Å². The Labute approximate surface area is 105 Å². The molecule has 0 aliphatic heterocycles. The molecular weight excluding hydrogens is 230 g/mol. The third kappa shape index (κ3) is 4.99. The molecule has 0 unspecified atom stereocenters. The zero-order chi connectivity index (χ0) is 13.4. The molecule has 4 heteroatoms. The molecule has 0 spiro atoms. The third-order valence-electron chi connectivity index (χ3n) is 2.09. The van der Waals surface area contributed by atoms with E-state index in [-0.39, 0.29) is 12.3 Å². The average Bonchev–Trinajstić information content (AvgIpc) is 2.34. The van der Waals surface area contributed by atoms with E-state index in [0.29, 0.717) is 17.7 Å². The van der Waals surface area contributed by atoms with E-state index in [9.17, 15) is 9.59 Å². The minimum absolute atomic E-state index is 0.160. The van der Waals surface area contributed by atoms with Gasteiger partial charge in [0.2, 0.25) is 5.91 Å². The number of aliphatic carboxylic acids is 1. The Morgan fingerprint density at radius 2 is 2.22 bits per heavy atom. The van der Waals surface area contributed by atoms with Crippen molar-refractivity contribution < 1.29 is 14.7 Å². The highest BCUT2D eigenvalue weighted by Crippen LogP contribution is 2.12. The van der Waals surface area contributed by atoms with Crippen LogP contribution < -0.4 is 5.32 Å². The van der Waals surface area contributed by atoms with Gasteiger partial charge in [-0.2, -0.15) is 0 Å². The van der Waals surface area contributed by atoms with Gasteiger partial charge in [-0.1, -0.05) is 12.1 Å². The van der Waals surface area contributed by atoms with E-state index in [1.165, 1.54) is 6.08 Å². The fraction of sp³-hybridized carbons (Fsp3) is 0.143. The number of hydrogen-bond acceptors (Lipinski definition) is 2. The first-order chi connectivity index (χ1) is 8.61. The molecule has 2 N–H and O–H groups in total. The quantitative estimate of drug-likeness (QED) is 0.615. The number of amides is 1. The molecule has 0 aromatic heterocycles. The maximum Gasteiger partial charge on any atom is 0.328 e. The predicted octanol–water partition coefficient (Wildman–Crippen LogP) is 2.14. The van der Waals surface area contributed by atoms with Crippen LogP contribution in [0, 0.1) is 12.3 Å². The van der Waals surface area contributed by atoms with Crippen LogP contribution in [0.3, 0.4) is 0 Å². The average molecular weight is 243 g/mol. The molecule has 0 saturated heterocycles. The molecule has 0 aliphatic carbocycles. The van der Waals surface area contributed by atoms with Gasteiger partial charge >= 0.3 is 5.97 Å². The van der Waals surface area contributed by atoms with Crippen LogP contribution in [-0.4, -0.2) is 17.0 Å². The van der Waals surface area contributed by atoms with Crippen molar-refractivity contribution in [1.82, 2.24) is 0 Å². The van der Waals surface area contributed by atoms with E-state index in [0.717, 1.165) is 6.08 Å². The van der Waals surface area contributed by atoms with Crippen LogP contribution in [0.5, 0.6) is 0 Å². The van der Waals surface area contributed by atoms with Gasteiger partial charge in [-0.05, 0) is 23.8 Å². The number of carbonyl (C=O) groups excluding carboxylic acids is 1. The highest BCUT2D eigenvalue weighted by Gasteiger charge is 2.01. The van der Waals surface area contributed by atoms with Crippen molar-refractivity contribution in [2.45, 2.75) is 12.8 Å². The lowest BCUT2D eigenvalue weighted by Crippen LogP contribution is -2.10. The van der Waals surface area contributed by atoms with Gasteiger partial charge in [0.15, 0.2) is 0 Å². The van der Waals surface area contributed by atoms with Gasteiger partial charge in [-0.25, -0.2) is 4.79 Å². The van der Waals surface area contributed by atoms with Crippen LogP contribution >= 0.6 is 0 Å². The molecule has 1 rings (SSSR count). The van der Waals surface area contributed by atoms with Gasteiger partial charge in [0, 0.05) is 24.6 Å². The first-order valence-corrected chi connectivity index (χ1v) is 5.36. The third-order valence-corrected chi connectivity index (χ3v) is 2.09. The molecule has 18 heavy (non-hydrogen) atoms. The second-order valence-electron chi connectivity index (χ2n) is 3.55. The number of rotatable bonds is 5. The summed E-state index contributed by atoms with van der Waals surface area (Å²) in [6, 6.07) is 6.90. The highest BCUT2D eigenvalue weighted by atomic mass is 16.4. The van der Waals surface area contributed by atoms with Gasteiger partial charge in [-0.3, -0.25) is 4.79 Å². The number of carboxylic acid groups (broad SMARTS) is 1. The molecule has 0 fully saturated rings. The highest BCUT2D eigenvalue weighted by molar-refractivity contribution is 5.91. The minimum atomic E-state index is -1.02. The van der Waals surface area contributed by atoms with Gasteiger partial charge in [-0.15, -0.1) is 12.3 Å². The topological polar surface area (TPSA) is 66.4 Å². The molecule has 1 aromatic carbocycles. The molecule has 1 amide bonds. The maximum atomic E-state index is 11.4.